The number of nitrogens with zero attached hydrogens (tertiary/aromatic N) is 2. The molecule has 116 valence electrons. The second kappa shape index (κ2) is 6.65. The molecule has 21 heavy (non-hydrogen) atoms. The first-order valence-corrected chi connectivity index (χ1v) is 8.49. The Morgan fingerprint density at radius 1 is 1.38 bits per heavy atom. The molecule has 1 amide bonds. The van der Waals surface area contributed by atoms with E-state index >= 15 is 0 Å². The van der Waals surface area contributed by atoms with Crippen molar-refractivity contribution < 1.29 is 4.79 Å². The van der Waals surface area contributed by atoms with Crippen LogP contribution in [0.1, 0.15) is 62.0 Å². The summed E-state index contributed by atoms with van der Waals surface area (Å²) in [6.45, 7) is 5.04. The molecule has 1 saturated carbocycles. The first-order valence-electron chi connectivity index (χ1n) is 8.49. The summed E-state index contributed by atoms with van der Waals surface area (Å²) in [4.78, 5) is 15.1. The highest BCUT2D eigenvalue weighted by Gasteiger charge is 2.29. The van der Waals surface area contributed by atoms with Crippen LogP contribution >= 0.6 is 0 Å². The maximum absolute atomic E-state index is 13.0. The predicted octanol–water partition coefficient (Wildman–Crippen LogP) is 2.82. The molecule has 1 aromatic rings. The van der Waals surface area contributed by atoms with Crippen LogP contribution in [0.2, 0.25) is 0 Å². The Morgan fingerprint density at radius 2 is 2.24 bits per heavy atom. The summed E-state index contributed by atoms with van der Waals surface area (Å²) in [7, 11) is 0. The maximum Gasteiger partial charge on any atom is 0.270 e. The molecule has 0 spiro atoms. The van der Waals surface area contributed by atoms with E-state index in [9.17, 15) is 4.79 Å². The fourth-order valence-electron chi connectivity index (χ4n) is 3.50. The van der Waals surface area contributed by atoms with Crippen molar-refractivity contribution in [1.82, 2.24) is 14.8 Å². The second-order valence-corrected chi connectivity index (χ2v) is 6.38. The highest BCUT2D eigenvalue weighted by Crippen LogP contribution is 2.33. The summed E-state index contributed by atoms with van der Waals surface area (Å²) in [5.74, 6) is 0.224. The molecule has 1 aliphatic carbocycles. The van der Waals surface area contributed by atoms with Gasteiger partial charge in [-0.05, 0) is 57.2 Å². The lowest BCUT2D eigenvalue weighted by Crippen LogP contribution is -2.49. The minimum absolute atomic E-state index is 0.224. The molecule has 1 atom stereocenters. The molecule has 2 aliphatic rings. The molecular weight excluding hydrogens is 262 g/mol. The van der Waals surface area contributed by atoms with Crippen LogP contribution in [-0.2, 0) is 0 Å². The van der Waals surface area contributed by atoms with Gasteiger partial charge in [-0.15, -0.1) is 0 Å². The molecule has 2 heterocycles. The second-order valence-electron chi connectivity index (χ2n) is 6.38. The van der Waals surface area contributed by atoms with E-state index in [0.717, 1.165) is 38.2 Å². The van der Waals surface area contributed by atoms with Crippen molar-refractivity contribution in [1.29, 1.82) is 0 Å². The molecule has 4 nitrogen and oxygen atoms in total. The van der Waals surface area contributed by atoms with Gasteiger partial charge in [-0.25, -0.2) is 0 Å². The van der Waals surface area contributed by atoms with Crippen LogP contribution in [0, 0.1) is 0 Å². The molecular formula is C17H27N3O. The van der Waals surface area contributed by atoms with Crippen molar-refractivity contribution in [3.63, 3.8) is 0 Å². The van der Waals surface area contributed by atoms with Gasteiger partial charge in [-0.1, -0.05) is 6.92 Å². The SMILES string of the molecule is CCCN(C(=O)c1cccn1C1CCC1)C1CCCNC1. The Morgan fingerprint density at radius 3 is 2.86 bits per heavy atom. The maximum atomic E-state index is 13.0. The van der Waals surface area contributed by atoms with E-state index in [1.54, 1.807) is 0 Å². The molecule has 3 rings (SSSR count). The van der Waals surface area contributed by atoms with Gasteiger partial charge in [0.2, 0.25) is 0 Å². The number of carbonyl (C=O) groups excluding carboxylic acids is 1. The highest BCUT2D eigenvalue weighted by atomic mass is 16.2. The molecule has 0 aromatic carbocycles. The third-order valence-electron chi connectivity index (χ3n) is 4.90. The van der Waals surface area contributed by atoms with Crippen LogP contribution in [0.15, 0.2) is 18.3 Å². The standard InChI is InChI=1S/C17H27N3O/c1-2-11-20(15-8-4-10-18-13-15)17(21)16-9-5-12-19(16)14-6-3-7-14/h5,9,12,14-15,18H,2-4,6-8,10-11,13H2,1H3. The number of nitrogens with one attached hydrogen (secondary N) is 1. The molecule has 1 aromatic heterocycles. The van der Waals surface area contributed by atoms with E-state index in [1.807, 2.05) is 12.1 Å². The van der Waals surface area contributed by atoms with Crippen molar-refractivity contribution in [2.24, 2.45) is 0 Å². The Kier molecular flexibility index (Phi) is 4.63. The molecule has 1 N–H and O–H groups in total. The van der Waals surface area contributed by atoms with Gasteiger partial charge < -0.3 is 14.8 Å². The minimum atomic E-state index is 0.224. The third kappa shape index (κ3) is 3.00. The first-order chi connectivity index (χ1) is 10.3. The van der Waals surface area contributed by atoms with E-state index < -0.39 is 0 Å². The predicted molar refractivity (Wildman–Crippen MR) is 84.5 cm³/mol. The van der Waals surface area contributed by atoms with Gasteiger partial charge >= 0.3 is 0 Å². The number of hydrogen-bond acceptors (Lipinski definition) is 2. The first kappa shape index (κ1) is 14.6. The van der Waals surface area contributed by atoms with Crippen LogP contribution < -0.4 is 5.32 Å². The van der Waals surface area contributed by atoms with E-state index in [0.29, 0.717) is 12.1 Å². The van der Waals surface area contributed by atoms with Crippen molar-refractivity contribution in [2.45, 2.75) is 57.5 Å². The molecule has 1 unspecified atom stereocenters. The van der Waals surface area contributed by atoms with Gasteiger partial charge in [0.25, 0.3) is 5.91 Å². The summed E-state index contributed by atoms with van der Waals surface area (Å²) < 4.78 is 2.21. The summed E-state index contributed by atoms with van der Waals surface area (Å²) in [6, 6.07) is 4.93. The lowest BCUT2D eigenvalue weighted by molar-refractivity contribution is 0.0632. The van der Waals surface area contributed by atoms with Crippen molar-refractivity contribution in [3.05, 3.63) is 24.0 Å². The number of aromatic nitrogens is 1. The fourth-order valence-corrected chi connectivity index (χ4v) is 3.50. The summed E-state index contributed by atoms with van der Waals surface area (Å²) >= 11 is 0. The van der Waals surface area contributed by atoms with Crippen molar-refractivity contribution >= 4 is 5.91 Å². The van der Waals surface area contributed by atoms with Gasteiger partial charge in [-0.2, -0.15) is 0 Å². The zero-order chi connectivity index (χ0) is 14.7. The van der Waals surface area contributed by atoms with Gasteiger partial charge in [0.1, 0.15) is 5.69 Å². The average molecular weight is 289 g/mol. The van der Waals surface area contributed by atoms with Crippen LogP contribution in [0.3, 0.4) is 0 Å². The van der Waals surface area contributed by atoms with E-state index in [1.165, 1.54) is 25.7 Å². The molecule has 1 saturated heterocycles. The number of hydrogen-bond donors (Lipinski definition) is 1. The van der Waals surface area contributed by atoms with Gasteiger partial charge in [0.15, 0.2) is 0 Å². The highest BCUT2D eigenvalue weighted by molar-refractivity contribution is 5.93. The van der Waals surface area contributed by atoms with E-state index in [-0.39, 0.29) is 5.91 Å². The molecule has 0 radical (unpaired) electrons. The summed E-state index contributed by atoms with van der Waals surface area (Å²) in [5.41, 5.74) is 0.888. The Balaban J connectivity index is 1.78. The monoisotopic (exact) mass is 289 g/mol. The number of rotatable bonds is 5. The lowest BCUT2D eigenvalue weighted by Gasteiger charge is -2.36. The van der Waals surface area contributed by atoms with Crippen molar-refractivity contribution in [2.75, 3.05) is 19.6 Å². The van der Waals surface area contributed by atoms with Crippen LogP contribution in [0.5, 0.6) is 0 Å². The van der Waals surface area contributed by atoms with Crippen LogP contribution in [0.4, 0.5) is 0 Å². The smallest absolute Gasteiger partial charge is 0.270 e. The third-order valence-corrected chi connectivity index (χ3v) is 4.90. The zero-order valence-electron chi connectivity index (χ0n) is 13.1. The molecule has 2 fully saturated rings. The van der Waals surface area contributed by atoms with E-state index in [2.05, 4.69) is 27.9 Å². The quantitative estimate of drug-likeness (QED) is 0.905. The fraction of sp³-hybridized carbons (Fsp3) is 0.706. The minimum Gasteiger partial charge on any atom is -0.340 e. The van der Waals surface area contributed by atoms with Crippen LogP contribution in [0.25, 0.3) is 0 Å². The largest absolute Gasteiger partial charge is 0.340 e. The van der Waals surface area contributed by atoms with E-state index in [4.69, 9.17) is 0 Å². The number of piperidine rings is 1. The average Bonchev–Trinajstić information content (AvgIpc) is 2.92. The lowest BCUT2D eigenvalue weighted by atomic mass is 9.92. The number of amides is 1. The summed E-state index contributed by atoms with van der Waals surface area (Å²) in [6.07, 6.45) is 9.13. The van der Waals surface area contributed by atoms with Gasteiger partial charge in [0, 0.05) is 31.4 Å². The zero-order valence-corrected chi connectivity index (χ0v) is 13.1. The van der Waals surface area contributed by atoms with Gasteiger partial charge in [0.05, 0.1) is 0 Å². The normalized spacial score (nSPS) is 22.8. The van der Waals surface area contributed by atoms with Gasteiger partial charge in [-0.3, -0.25) is 4.79 Å². The topological polar surface area (TPSA) is 37.3 Å². The van der Waals surface area contributed by atoms with Crippen LogP contribution in [-0.4, -0.2) is 41.1 Å². The number of carbonyl (C=O) groups is 1. The van der Waals surface area contributed by atoms with Crippen molar-refractivity contribution in [3.8, 4) is 0 Å². The molecule has 4 heteroatoms. The Labute approximate surface area is 127 Å². The summed E-state index contributed by atoms with van der Waals surface area (Å²) in [5, 5.41) is 3.43. The molecule has 0 bridgehead atoms. The Bertz CT molecular complexity index is 472. The molecule has 1 aliphatic heterocycles. The Hall–Kier alpha value is -1.29.